The van der Waals surface area contributed by atoms with E-state index in [0.29, 0.717) is 21.7 Å². The van der Waals surface area contributed by atoms with E-state index >= 15 is 0 Å². The number of halogens is 4. The van der Waals surface area contributed by atoms with Gasteiger partial charge in [0.15, 0.2) is 0 Å². The zero-order valence-corrected chi connectivity index (χ0v) is 10.3. The van der Waals surface area contributed by atoms with Gasteiger partial charge in [0, 0.05) is 16.8 Å². The summed E-state index contributed by atoms with van der Waals surface area (Å²) >= 11 is 5.87. The van der Waals surface area contributed by atoms with Crippen LogP contribution < -0.4 is 0 Å². The molecule has 0 atom stereocenters. The van der Waals surface area contributed by atoms with Gasteiger partial charge in [-0.1, -0.05) is 17.7 Å². The molecule has 1 aromatic carbocycles. The lowest BCUT2D eigenvalue weighted by Crippen LogP contribution is -2.07. The third-order valence-electron chi connectivity index (χ3n) is 2.53. The van der Waals surface area contributed by atoms with Gasteiger partial charge in [-0.3, -0.25) is 4.98 Å². The highest BCUT2D eigenvalue weighted by atomic mass is 35.5. The Balaban J connectivity index is 2.40. The summed E-state index contributed by atoms with van der Waals surface area (Å²) in [5.41, 5.74) is 0.756. The summed E-state index contributed by atoms with van der Waals surface area (Å²) in [5.74, 6) is 0. The molecule has 2 nitrogen and oxygen atoms in total. The van der Waals surface area contributed by atoms with Crippen LogP contribution in [0.15, 0.2) is 36.5 Å². The van der Waals surface area contributed by atoms with Gasteiger partial charge < -0.3 is 5.11 Å². The molecule has 0 saturated carbocycles. The number of hydrogen-bond acceptors (Lipinski definition) is 2. The third kappa shape index (κ3) is 3.24. The van der Waals surface area contributed by atoms with Gasteiger partial charge >= 0.3 is 6.18 Å². The Morgan fingerprint density at radius 3 is 2.37 bits per heavy atom. The number of aliphatic hydroxyl groups is 1. The molecule has 0 aliphatic rings. The van der Waals surface area contributed by atoms with Crippen LogP contribution in [0.2, 0.25) is 5.02 Å². The quantitative estimate of drug-likeness (QED) is 0.908. The molecule has 0 fully saturated rings. The molecule has 0 saturated heterocycles. The Hall–Kier alpha value is -1.59. The first-order chi connectivity index (χ1) is 8.90. The van der Waals surface area contributed by atoms with Gasteiger partial charge in [0.2, 0.25) is 0 Å². The highest BCUT2D eigenvalue weighted by Gasteiger charge is 2.32. The number of pyridine rings is 1. The van der Waals surface area contributed by atoms with Crippen LogP contribution in [0.5, 0.6) is 0 Å². The molecule has 0 unspecified atom stereocenters. The Morgan fingerprint density at radius 1 is 1.11 bits per heavy atom. The van der Waals surface area contributed by atoms with E-state index in [2.05, 4.69) is 4.98 Å². The average molecular weight is 288 g/mol. The number of alkyl halides is 3. The number of aliphatic hydroxyl groups excluding tert-OH is 1. The fourth-order valence-electron chi connectivity index (χ4n) is 1.64. The molecular formula is C13H9ClF3NO. The molecule has 1 aromatic heterocycles. The molecule has 0 spiro atoms. The van der Waals surface area contributed by atoms with Crippen molar-refractivity contribution in [3.05, 3.63) is 52.8 Å². The molecule has 0 bridgehead atoms. The fraction of sp³-hybridized carbons (Fsp3) is 0.154. The van der Waals surface area contributed by atoms with Crippen molar-refractivity contribution in [3.63, 3.8) is 0 Å². The summed E-state index contributed by atoms with van der Waals surface area (Å²) < 4.78 is 37.2. The molecule has 6 heteroatoms. The average Bonchev–Trinajstić information content (AvgIpc) is 2.37. The summed E-state index contributed by atoms with van der Waals surface area (Å²) in [7, 11) is 0. The fourth-order valence-corrected chi connectivity index (χ4v) is 1.90. The second-order valence-corrected chi connectivity index (χ2v) is 4.37. The zero-order chi connectivity index (χ0) is 14.0. The highest BCUT2D eigenvalue weighted by Crippen LogP contribution is 2.30. The summed E-state index contributed by atoms with van der Waals surface area (Å²) in [6.07, 6.45) is -3.32. The molecule has 2 aromatic rings. The van der Waals surface area contributed by atoms with Crippen LogP contribution >= 0.6 is 11.6 Å². The van der Waals surface area contributed by atoms with Crippen LogP contribution in [0.1, 0.15) is 11.3 Å². The first-order valence-electron chi connectivity index (χ1n) is 5.34. The molecule has 1 heterocycles. The number of aromatic nitrogens is 1. The topological polar surface area (TPSA) is 33.1 Å². The van der Waals surface area contributed by atoms with E-state index in [1.807, 2.05) is 0 Å². The standard InChI is InChI=1S/C13H9ClF3NO/c14-11-4-8(7-19)3-10(5-11)9-1-2-12(18-6-9)13(15,16)17/h1-6,19H,7H2. The minimum atomic E-state index is -4.46. The molecule has 1 N–H and O–H groups in total. The summed E-state index contributed by atoms with van der Waals surface area (Å²) in [6.45, 7) is -0.193. The Bertz CT molecular complexity index is 581. The number of benzene rings is 1. The van der Waals surface area contributed by atoms with E-state index in [0.717, 1.165) is 12.3 Å². The Morgan fingerprint density at radius 2 is 1.84 bits per heavy atom. The normalized spacial score (nSPS) is 11.6. The Labute approximate surface area is 112 Å². The van der Waals surface area contributed by atoms with Crippen molar-refractivity contribution in [1.82, 2.24) is 4.98 Å². The van der Waals surface area contributed by atoms with E-state index in [-0.39, 0.29) is 6.61 Å². The molecule has 2 rings (SSSR count). The smallest absolute Gasteiger partial charge is 0.392 e. The number of rotatable bonds is 2. The summed E-state index contributed by atoms with van der Waals surface area (Å²) in [5, 5.41) is 9.47. The van der Waals surface area contributed by atoms with E-state index in [9.17, 15) is 13.2 Å². The lowest BCUT2D eigenvalue weighted by atomic mass is 10.0. The van der Waals surface area contributed by atoms with Crippen molar-refractivity contribution in [2.24, 2.45) is 0 Å². The van der Waals surface area contributed by atoms with Crippen LogP contribution in [0.4, 0.5) is 13.2 Å². The highest BCUT2D eigenvalue weighted by molar-refractivity contribution is 6.30. The minimum Gasteiger partial charge on any atom is -0.392 e. The van der Waals surface area contributed by atoms with Crippen LogP contribution in [0.25, 0.3) is 11.1 Å². The van der Waals surface area contributed by atoms with Gasteiger partial charge in [0.1, 0.15) is 5.69 Å². The zero-order valence-electron chi connectivity index (χ0n) is 9.58. The molecule has 0 aliphatic heterocycles. The molecular weight excluding hydrogens is 279 g/mol. The van der Waals surface area contributed by atoms with Gasteiger partial charge in [0.05, 0.1) is 6.61 Å². The second-order valence-electron chi connectivity index (χ2n) is 3.94. The van der Waals surface area contributed by atoms with Gasteiger partial charge in [0.25, 0.3) is 0 Å². The number of nitrogens with zero attached hydrogens (tertiary/aromatic N) is 1. The van der Waals surface area contributed by atoms with Crippen LogP contribution in [0, 0.1) is 0 Å². The first-order valence-corrected chi connectivity index (χ1v) is 5.72. The first kappa shape index (κ1) is 13.8. The van der Waals surface area contributed by atoms with Crippen molar-refractivity contribution < 1.29 is 18.3 Å². The maximum absolute atomic E-state index is 12.4. The molecule has 0 radical (unpaired) electrons. The minimum absolute atomic E-state index is 0.193. The van der Waals surface area contributed by atoms with E-state index in [1.165, 1.54) is 6.07 Å². The van der Waals surface area contributed by atoms with E-state index in [1.54, 1.807) is 18.2 Å². The lowest BCUT2D eigenvalue weighted by molar-refractivity contribution is -0.141. The maximum atomic E-state index is 12.4. The van der Waals surface area contributed by atoms with Crippen molar-refractivity contribution in [1.29, 1.82) is 0 Å². The van der Waals surface area contributed by atoms with Gasteiger partial charge in [-0.2, -0.15) is 13.2 Å². The largest absolute Gasteiger partial charge is 0.433 e. The monoisotopic (exact) mass is 287 g/mol. The second kappa shape index (κ2) is 5.19. The summed E-state index contributed by atoms with van der Waals surface area (Å²) in [6, 6.07) is 7.07. The van der Waals surface area contributed by atoms with Gasteiger partial charge in [-0.05, 0) is 35.4 Å². The Kier molecular flexibility index (Phi) is 3.78. The lowest BCUT2D eigenvalue weighted by Gasteiger charge is -2.08. The van der Waals surface area contributed by atoms with E-state index < -0.39 is 11.9 Å². The van der Waals surface area contributed by atoms with Crippen molar-refractivity contribution >= 4 is 11.6 Å². The predicted molar refractivity (Wildman–Crippen MR) is 65.6 cm³/mol. The van der Waals surface area contributed by atoms with Crippen molar-refractivity contribution in [2.75, 3.05) is 0 Å². The van der Waals surface area contributed by atoms with Crippen LogP contribution in [-0.4, -0.2) is 10.1 Å². The molecule has 0 amide bonds. The maximum Gasteiger partial charge on any atom is 0.433 e. The van der Waals surface area contributed by atoms with Gasteiger partial charge in [-0.25, -0.2) is 0 Å². The van der Waals surface area contributed by atoms with Crippen molar-refractivity contribution in [3.8, 4) is 11.1 Å². The molecule has 100 valence electrons. The molecule has 19 heavy (non-hydrogen) atoms. The van der Waals surface area contributed by atoms with Gasteiger partial charge in [-0.15, -0.1) is 0 Å². The SMILES string of the molecule is OCc1cc(Cl)cc(-c2ccc(C(F)(F)F)nc2)c1. The van der Waals surface area contributed by atoms with Crippen molar-refractivity contribution in [2.45, 2.75) is 12.8 Å². The van der Waals surface area contributed by atoms with Crippen LogP contribution in [0.3, 0.4) is 0 Å². The number of hydrogen-bond donors (Lipinski definition) is 1. The summed E-state index contributed by atoms with van der Waals surface area (Å²) in [4.78, 5) is 3.38. The van der Waals surface area contributed by atoms with Crippen LogP contribution in [-0.2, 0) is 12.8 Å². The third-order valence-corrected chi connectivity index (χ3v) is 2.75. The predicted octanol–water partition coefficient (Wildman–Crippen LogP) is 3.91. The van der Waals surface area contributed by atoms with E-state index in [4.69, 9.17) is 16.7 Å². The molecule has 0 aliphatic carbocycles.